The van der Waals surface area contributed by atoms with Gasteiger partial charge in [0.15, 0.2) is 23.5 Å². The van der Waals surface area contributed by atoms with Crippen LogP contribution in [-0.2, 0) is 0 Å². The van der Waals surface area contributed by atoms with Crippen molar-refractivity contribution < 1.29 is 9.47 Å². The number of ether oxygens (including phenoxy) is 2. The third kappa shape index (κ3) is 3.09. The van der Waals surface area contributed by atoms with Gasteiger partial charge in [0.2, 0.25) is 0 Å². The Bertz CT molecular complexity index is 1090. The van der Waals surface area contributed by atoms with E-state index in [0.717, 1.165) is 35.2 Å². The summed E-state index contributed by atoms with van der Waals surface area (Å²) in [5.41, 5.74) is 1.70. The Morgan fingerprint density at radius 1 is 1.27 bits per heavy atom. The highest BCUT2D eigenvalue weighted by Gasteiger charge is 2.44. The molecule has 0 fully saturated rings. The number of guanidine groups is 1. The summed E-state index contributed by atoms with van der Waals surface area (Å²) < 4.78 is 11.4. The van der Waals surface area contributed by atoms with Crippen molar-refractivity contribution in [2.45, 2.75) is 6.92 Å². The molecule has 1 atom stereocenters. The van der Waals surface area contributed by atoms with Crippen LogP contribution < -0.4 is 24.3 Å². The van der Waals surface area contributed by atoms with Crippen LogP contribution in [0.4, 0.5) is 17.2 Å². The fraction of sp³-hybridized carbons (Fsp3) is 0.238. The Kier molecular flexibility index (Phi) is 4.44. The second-order valence-electron chi connectivity index (χ2n) is 7.02. The maximum atomic E-state index is 5.84. The van der Waals surface area contributed by atoms with Crippen molar-refractivity contribution in [2.75, 3.05) is 37.0 Å². The fourth-order valence-corrected chi connectivity index (χ4v) is 3.54. The normalized spacial score (nSPS) is 21.3. The number of aromatic nitrogens is 1. The predicted octanol–water partition coefficient (Wildman–Crippen LogP) is 2.97. The number of benzene rings is 1. The zero-order chi connectivity index (χ0) is 20.6. The standard InChI is InChI=1S/C21H22N7O2/c1-3-29-17-6-4-15(5-7-17)24-21-25-19-14-22-8-10-28(19,26-21)16-12-18-20(23-13-16)27(2)9-11-30-18/h4-8,10,12-14H,3,9,11H2,1-2H3,(H,24,26)/q+1. The molecule has 0 spiro atoms. The van der Waals surface area contributed by atoms with E-state index in [1.54, 1.807) is 12.4 Å². The van der Waals surface area contributed by atoms with Crippen LogP contribution in [0.15, 0.2) is 64.0 Å². The molecule has 2 aromatic rings. The van der Waals surface area contributed by atoms with E-state index >= 15 is 0 Å². The first kappa shape index (κ1) is 18.3. The Labute approximate surface area is 174 Å². The maximum absolute atomic E-state index is 5.84. The lowest BCUT2D eigenvalue weighted by Gasteiger charge is -2.28. The van der Waals surface area contributed by atoms with Crippen molar-refractivity contribution >= 4 is 35.2 Å². The molecule has 9 heteroatoms. The fourth-order valence-electron chi connectivity index (χ4n) is 3.54. The second kappa shape index (κ2) is 7.27. The highest BCUT2D eigenvalue weighted by atomic mass is 16.5. The van der Waals surface area contributed by atoms with Gasteiger partial charge < -0.3 is 19.7 Å². The summed E-state index contributed by atoms with van der Waals surface area (Å²) in [5, 5.41) is 8.12. The number of rotatable bonds is 4. The molecular formula is C21H22N7O2+. The van der Waals surface area contributed by atoms with Crippen LogP contribution in [0.2, 0.25) is 0 Å². The van der Waals surface area contributed by atoms with Crippen molar-refractivity contribution in [1.82, 2.24) is 9.58 Å². The summed E-state index contributed by atoms with van der Waals surface area (Å²) in [6, 6.07) is 9.66. The van der Waals surface area contributed by atoms with Crippen LogP contribution in [-0.4, -0.2) is 49.8 Å². The molecule has 0 saturated carbocycles. The molecule has 0 aliphatic carbocycles. The van der Waals surface area contributed by atoms with Gasteiger partial charge in [-0.2, -0.15) is 4.99 Å². The predicted molar refractivity (Wildman–Crippen MR) is 119 cm³/mol. The summed E-state index contributed by atoms with van der Waals surface area (Å²) in [6.45, 7) is 4.03. The number of aliphatic imine (C=N–C) groups is 2. The Morgan fingerprint density at radius 2 is 2.13 bits per heavy atom. The zero-order valence-electron chi connectivity index (χ0n) is 16.8. The molecular weight excluding hydrogens is 382 g/mol. The van der Waals surface area contributed by atoms with E-state index in [9.17, 15) is 0 Å². The van der Waals surface area contributed by atoms with Gasteiger partial charge in [-0.1, -0.05) is 4.59 Å². The van der Waals surface area contributed by atoms with Crippen molar-refractivity contribution in [3.63, 3.8) is 0 Å². The maximum Gasteiger partial charge on any atom is 0.287 e. The van der Waals surface area contributed by atoms with E-state index in [1.165, 1.54) is 0 Å². The van der Waals surface area contributed by atoms with Crippen LogP contribution in [0, 0.1) is 0 Å². The molecule has 1 unspecified atom stereocenters. The third-order valence-electron chi connectivity index (χ3n) is 5.06. The lowest BCUT2D eigenvalue weighted by Crippen LogP contribution is -2.44. The number of hydrogen-bond donors (Lipinski definition) is 1. The second-order valence-corrected chi connectivity index (χ2v) is 7.02. The van der Waals surface area contributed by atoms with Gasteiger partial charge in [0.25, 0.3) is 11.8 Å². The first-order chi connectivity index (χ1) is 14.7. The van der Waals surface area contributed by atoms with E-state index in [-0.39, 0.29) is 4.59 Å². The first-order valence-corrected chi connectivity index (χ1v) is 9.81. The summed E-state index contributed by atoms with van der Waals surface area (Å²) in [4.78, 5) is 15.6. The van der Waals surface area contributed by atoms with E-state index in [4.69, 9.17) is 14.6 Å². The summed E-state index contributed by atoms with van der Waals surface area (Å²) in [5.74, 6) is 3.56. The topological polar surface area (TPSA) is 83.7 Å². The van der Waals surface area contributed by atoms with Gasteiger partial charge in [-0.3, -0.25) is 4.99 Å². The number of nitrogens with zero attached hydrogens (tertiary/aromatic N) is 6. The molecule has 0 saturated heterocycles. The third-order valence-corrected chi connectivity index (χ3v) is 5.06. The summed E-state index contributed by atoms with van der Waals surface area (Å²) in [6.07, 6.45) is 7.12. The molecule has 0 amide bonds. The van der Waals surface area contributed by atoms with Crippen molar-refractivity contribution in [3.05, 3.63) is 48.9 Å². The minimum atomic E-state index is 0.0518. The van der Waals surface area contributed by atoms with Crippen LogP contribution in [0.3, 0.4) is 0 Å². The average Bonchev–Trinajstić information content (AvgIpc) is 3.14. The van der Waals surface area contributed by atoms with Crippen molar-refractivity contribution in [1.29, 1.82) is 0 Å². The number of likely N-dealkylation sites (N-methyl/N-ethyl adjacent to an activating group) is 1. The monoisotopic (exact) mass is 404 g/mol. The van der Waals surface area contributed by atoms with Crippen LogP contribution in [0.5, 0.6) is 11.5 Å². The van der Waals surface area contributed by atoms with E-state index in [0.29, 0.717) is 25.0 Å². The van der Waals surface area contributed by atoms with E-state index in [2.05, 4.69) is 25.2 Å². The van der Waals surface area contributed by atoms with Gasteiger partial charge in [0.05, 0.1) is 31.6 Å². The Hall–Kier alpha value is -3.72. The van der Waals surface area contributed by atoms with Gasteiger partial charge in [-0.05, 0) is 36.3 Å². The number of quaternary nitrogens is 1. The lowest BCUT2D eigenvalue weighted by molar-refractivity contribution is 0.308. The molecule has 3 aliphatic heterocycles. The molecule has 30 heavy (non-hydrogen) atoms. The molecule has 1 aromatic heterocycles. The number of fused-ring (bicyclic) bond motifs is 2. The Balaban J connectivity index is 1.48. The van der Waals surface area contributed by atoms with Crippen LogP contribution in [0.1, 0.15) is 6.92 Å². The molecule has 5 rings (SSSR count). The van der Waals surface area contributed by atoms with E-state index in [1.807, 2.05) is 56.7 Å². The smallest absolute Gasteiger partial charge is 0.287 e. The first-order valence-electron chi connectivity index (χ1n) is 9.81. The number of hydrogen-bond acceptors (Lipinski definition) is 8. The molecule has 152 valence electrons. The SMILES string of the molecule is CCOc1ccc(NC2=N[N+]3(c4cnc5c(c4)OCCN5C)C=CN=CC3=N2)cc1. The van der Waals surface area contributed by atoms with Gasteiger partial charge in [-0.25, -0.2) is 4.98 Å². The minimum absolute atomic E-state index is 0.0518. The van der Waals surface area contributed by atoms with Crippen molar-refractivity contribution in [2.24, 2.45) is 15.1 Å². The van der Waals surface area contributed by atoms with E-state index < -0.39 is 0 Å². The number of amidine groups is 1. The minimum Gasteiger partial charge on any atom is -0.494 e. The molecule has 0 bridgehead atoms. The molecule has 4 heterocycles. The van der Waals surface area contributed by atoms with Gasteiger partial charge >= 0.3 is 0 Å². The number of nitrogens with one attached hydrogen (secondary N) is 1. The zero-order valence-corrected chi connectivity index (χ0v) is 16.8. The van der Waals surface area contributed by atoms with Crippen LogP contribution >= 0.6 is 0 Å². The average molecular weight is 404 g/mol. The number of pyridine rings is 1. The van der Waals surface area contributed by atoms with Crippen LogP contribution in [0.25, 0.3) is 0 Å². The molecule has 0 radical (unpaired) electrons. The summed E-state index contributed by atoms with van der Waals surface area (Å²) in [7, 11) is 2.01. The molecule has 1 aromatic carbocycles. The van der Waals surface area contributed by atoms with Crippen molar-refractivity contribution in [3.8, 4) is 11.5 Å². The molecule has 3 aliphatic rings. The van der Waals surface area contributed by atoms with Gasteiger partial charge in [0, 0.05) is 12.7 Å². The Morgan fingerprint density at radius 3 is 2.97 bits per heavy atom. The largest absolute Gasteiger partial charge is 0.494 e. The molecule has 9 nitrogen and oxygen atoms in total. The molecule has 1 N–H and O–H groups in total. The number of anilines is 2. The highest BCUT2D eigenvalue weighted by Crippen LogP contribution is 2.37. The summed E-state index contributed by atoms with van der Waals surface area (Å²) >= 11 is 0. The lowest BCUT2D eigenvalue weighted by atomic mass is 10.2. The van der Waals surface area contributed by atoms with Gasteiger partial charge in [-0.15, -0.1) is 0 Å². The quantitative estimate of drug-likeness (QED) is 0.792. The highest BCUT2D eigenvalue weighted by molar-refractivity contribution is 6.38. The van der Waals surface area contributed by atoms with Gasteiger partial charge in [0.1, 0.15) is 18.6 Å².